The van der Waals surface area contributed by atoms with Crippen LogP contribution in [0, 0.1) is 0 Å². The molecular formula is C20H20N2O4. The zero-order chi connectivity index (χ0) is 17.9. The summed E-state index contributed by atoms with van der Waals surface area (Å²) in [6.07, 6.45) is 1.35. The van der Waals surface area contributed by atoms with Crippen molar-refractivity contribution in [3.05, 3.63) is 54.1 Å². The van der Waals surface area contributed by atoms with Crippen LogP contribution in [0.4, 0.5) is 11.4 Å². The molecule has 1 fully saturated rings. The first-order chi connectivity index (χ1) is 12.7. The zero-order valence-corrected chi connectivity index (χ0v) is 14.2. The van der Waals surface area contributed by atoms with Gasteiger partial charge in [0.2, 0.25) is 0 Å². The molecule has 0 spiro atoms. The van der Waals surface area contributed by atoms with E-state index >= 15 is 0 Å². The number of hydrogen-bond donors (Lipinski definition) is 2. The van der Waals surface area contributed by atoms with Gasteiger partial charge >= 0.3 is 0 Å². The van der Waals surface area contributed by atoms with Gasteiger partial charge in [0.1, 0.15) is 11.9 Å². The lowest BCUT2D eigenvalue weighted by Crippen LogP contribution is -2.31. The minimum absolute atomic E-state index is 0.128. The number of nitrogens with one attached hydrogen (secondary N) is 2. The minimum Gasteiger partial charge on any atom is -0.480 e. The van der Waals surface area contributed by atoms with Crippen LogP contribution in [-0.2, 0) is 20.7 Å². The van der Waals surface area contributed by atoms with Crippen molar-refractivity contribution >= 4 is 23.2 Å². The van der Waals surface area contributed by atoms with Crippen LogP contribution < -0.4 is 15.4 Å². The Balaban J connectivity index is 1.33. The van der Waals surface area contributed by atoms with Gasteiger partial charge in [0.15, 0.2) is 6.10 Å². The summed E-state index contributed by atoms with van der Waals surface area (Å²) in [5.41, 5.74) is 2.37. The second-order valence-corrected chi connectivity index (χ2v) is 6.48. The topological polar surface area (TPSA) is 76.7 Å². The van der Waals surface area contributed by atoms with Crippen molar-refractivity contribution in [1.82, 2.24) is 0 Å². The fourth-order valence-electron chi connectivity index (χ4n) is 3.20. The first-order valence-corrected chi connectivity index (χ1v) is 8.77. The van der Waals surface area contributed by atoms with Crippen LogP contribution >= 0.6 is 0 Å². The average molecular weight is 352 g/mol. The number of rotatable bonds is 4. The lowest BCUT2D eigenvalue weighted by Gasteiger charge is -2.13. The highest BCUT2D eigenvalue weighted by Crippen LogP contribution is 2.28. The molecule has 2 aromatic rings. The standard InChI is InChI=1S/C20H20N2O4/c23-19(17-6-3-11-25-17)21-14-7-9-15(10-8-14)22-20(24)18-12-13-4-1-2-5-16(13)26-18/h1-2,4-5,7-10,17-18H,3,6,11-12H2,(H,21,23)(H,22,24)/t17-,18-/m1/s1. The van der Waals surface area contributed by atoms with Crippen LogP contribution in [0.1, 0.15) is 18.4 Å². The first-order valence-electron chi connectivity index (χ1n) is 8.77. The number of carbonyl (C=O) groups is 2. The van der Waals surface area contributed by atoms with Gasteiger partial charge in [-0.2, -0.15) is 0 Å². The van der Waals surface area contributed by atoms with Gasteiger partial charge in [0.25, 0.3) is 11.8 Å². The van der Waals surface area contributed by atoms with Gasteiger partial charge < -0.3 is 20.1 Å². The van der Waals surface area contributed by atoms with E-state index < -0.39 is 6.10 Å². The predicted molar refractivity (Wildman–Crippen MR) is 97.2 cm³/mol. The highest BCUT2D eigenvalue weighted by Gasteiger charge is 2.28. The maximum Gasteiger partial charge on any atom is 0.265 e. The van der Waals surface area contributed by atoms with Crippen LogP contribution in [0.5, 0.6) is 5.75 Å². The Bertz CT molecular complexity index is 788. The first kappa shape index (κ1) is 16.6. The molecule has 134 valence electrons. The van der Waals surface area contributed by atoms with E-state index in [-0.39, 0.29) is 17.9 Å². The van der Waals surface area contributed by atoms with Crippen molar-refractivity contribution < 1.29 is 19.1 Å². The van der Waals surface area contributed by atoms with Gasteiger partial charge in [-0.1, -0.05) is 18.2 Å². The maximum atomic E-state index is 12.4. The molecule has 1 saturated heterocycles. The van der Waals surface area contributed by atoms with Crippen LogP contribution in [0.15, 0.2) is 48.5 Å². The Hall–Kier alpha value is -2.86. The summed E-state index contributed by atoms with van der Waals surface area (Å²) in [4.78, 5) is 24.4. The van der Waals surface area contributed by atoms with Crippen molar-refractivity contribution in [2.24, 2.45) is 0 Å². The molecule has 2 atom stereocenters. The van der Waals surface area contributed by atoms with Crippen LogP contribution in [0.2, 0.25) is 0 Å². The Kier molecular flexibility index (Phi) is 4.58. The molecule has 0 radical (unpaired) electrons. The van der Waals surface area contributed by atoms with E-state index in [1.54, 1.807) is 24.3 Å². The Labute approximate surface area is 151 Å². The largest absolute Gasteiger partial charge is 0.480 e. The number of amides is 2. The summed E-state index contributed by atoms with van der Waals surface area (Å²) < 4.78 is 11.1. The van der Waals surface area contributed by atoms with Gasteiger partial charge in [-0.15, -0.1) is 0 Å². The van der Waals surface area contributed by atoms with E-state index in [4.69, 9.17) is 9.47 Å². The van der Waals surface area contributed by atoms with E-state index in [1.807, 2.05) is 24.3 Å². The van der Waals surface area contributed by atoms with Gasteiger partial charge in [0.05, 0.1) is 0 Å². The SMILES string of the molecule is O=C(Nc1ccc(NC(=O)[C@H]2Cc3ccccc3O2)cc1)[C@H]1CCCO1. The highest BCUT2D eigenvalue weighted by molar-refractivity contribution is 5.96. The third kappa shape index (κ3) is 3.55. The van der Waals surface area contributed by atoms with E-state index in [1.165, 1.54) is 0 Å². The molecule has 0 saturated carbocycles. The average Bonchev–Trinajstić information content (AvgIpc) is 3.33. The van der Waals surface area contributed by atoms with Crippen molar-refractivity contribution in [3.63, 3.8) is 0 Å². The minimum atomic E-state index is -0.522. The highest BCUT2D eigenvalue weighted by atomic mass is 16.5. The number of fused-ring (bicyclic) bond motifs is 1. The quantitative estimate of drug-likeness (QED) is 0.887. The summed E-state index contributed by atoms with van der Waals surface area (Å²) in [5, 5.41) is 5.68. The number of para-hydroxylation sites is 1. The lowest BCUT2D eigenvalue weighted by atomic mass is 10.1. The van der Waals surface area contributed by atoms with E-state index in [2.05, 4.69) is 10.6 Å². The van der Waals surface area contributed by atoms with Crippen LogP contribution in [0.25, 0.3) is 0 Å². The second-order valence-electron chi connectivity index (χ2n) is 6.48. The normalized spacial score (nSPS) is 20.9. The lowest BCUT2D eigenvalue weighted by molar-refractivity contribution is -0.124. The number of hydrogen-bond acceptors (Lipinski definition) is 4. The third-order valence-corrected chi connectivity index (χ3v) is 4.58. The molecule has 6 heteroatoms. The zero-order valence-electron chi connectivity index (χ0n) is 14.2. The number of carbonyl (C=O) groups excluding carboxylic acids is 2. The van der Waals surface area contributed by atoms with E-state index in [0.717, 1.165) is 24.2 Å². The van der Waals surface area contributed by atoms with Crippen LogP contribution in [0.3, 0.4) is 0 Å². The maximum absolute atomic E-state index is 12.4. The van der Waals surface area contributed by atoms with Gasteiger partial charge in [-0.25, -0.2) is 0 Å². The molecule has 2 aromatic carbocycles. The molecule has 0 aliphatic carbocycles. The second kappa shape index (κ2) is 7.17. The molecular weight excluding hydrogens is 332 g/mol. The Morgan fingerprint density at radius 3 is 2.15 bits per heavy atom. The summed E-state index contributed by atoms with van der Waals surface area (Å²) >= 11 is 0. The smallest absolute Gasteiger partial charge is 0.265 e. The van der Waals surface area contributed by atoms with Crippen molar-refractivity contribution in [2.45, 2.75) is 31.5 Å². The number of anilines is 2. The van der Waals surface area contributed by atoms with Crippen molar-refractivity contribution in [2.75, 3.05) is 17.2 Å². The molecule has 2 aliphatic heterocycles. The Morgan fingerprint density at radius 2 is 1.54 bits per heavy atom. The number of benzene rings is 2. The van der Waals surface area contributed by atoms with E-state index in [0.29, 0.717) is 24.4 Å². The summed E-state index contributed by atoms with van der Waals surface area (Å²) in [5.74, 6) is 0.452. The molecule has 4 rings (SSSR count). The Morgan fingerprint density at radius 1 is 0.885 bits per heavy atom. The predicted octanol–water partition coefficient (Wildman–Crippen LogP) is 2.75. The van der Waals surface area contributed by atoms with Crippen molar-refractivity contribution in [1.29, 1.82) is 0 Å². The van der Waals surface area contributed by atoms with E-state index in [9.17, 15) is 9.59 Å². The van der Waals surface area contributed by atoms with Gasteiger partial charge in [-0.05, 0) is 48.7 Å². The molecule has 0 bridgehead atoms. The molecule has 0 aromatic heterocycles. The molecule has 2 aliphatic rings. The fourth-order valence-corrected chi connectivity index (χ4v) is 3.20. The van der Waals surface area contributed by atoms with Crippen LogP contribution in [-0.4, -0.2) is 30.6 Å². The summed E-state index contributed by atoms with van der Waals surface area (Å²) in [7, 11) is 0. The summed E-state index contributed by atoms with van der Waals surface area (Å²) in [6.45, 7) is 0.635. The third-order valence-electron chi connectivity index (χ3n) is 4.58. The fraction of sp³-hybridized carbons (Fsp3) is 0.300. The molecule has 26 heavy (non-hydrogen) atoms. The molecule has 2 N–H and O–H groups in total. The summed E-state index contributed by atoms with van der Waals surface area (Å²) in [6, 6.07) is 14.7. The monoisotopic (exact) mass is 352 g/mol. The van der Waals surface area contributed by atoms with Crippen molar-refractivity contribution in [3.8, 4) is 5.75 Å². The van der Waals surface area contributed by atoms with Gasteiger partial charge in [0, 0.05) is 24.4 Å². The van der Waals surface area contributed by atoms with Gasteiger partial charge in [-0.3, -0.25) is 9.59 Å². The molecule has 2 heterocycles. The molecule has 0 unspecified atom stereocenters. The number of ether oxygens (including phenoxy) is 2. The molecule has 2 amide bonds. The molecule has 6 nitrogen and oxygen atoms in total.